The molecule has 3 N–H and O–H groups in total. The lowest BCUT2D eigenvalue weighted by Gasteiger charge is -2.23. The second kappa shape index (κ2) is 3.22. The number of hydrogen-bond acceptors (Lipinski definition) is 2. The van der Waals surface area contributed by atoms with Crippen molar-refractivity contribution in [3.63, 3.8) is 0 Å². The summed E-state index contributed by atoms with van der Waals surface area (Å²) in [5.41, 5.74) is 5.63. The van der Waals surface area contributed by atoms with E-state index in [0.717, 1.165) is 19.4 Å². The van der Waals surface area contributed by atoms with Gasteiger partial charge in [0.1, 0.15) is 0 Å². The first kappa shape index (κ1) is 8.53. The fourth-order valence-electron chi connectivity index (χ4n) is 1.46. The second-order valence-electron chi connectivity index (χ2n) is 3.65. The van der Waals surface area contributed by atoms with E-state index in [-0.39, 0.29) is 11.3 Å². The molecular formula is C8H16N2O. The Kier molecular flexibility index (Phi) is 2.49. The molecule has 1 aliphatic rings. The monoisotopic (exact) mass is 156 g/mol. The fraction of sp³-hybridized carbons (Fsp3) is 0.875. The van der Waals surface area contributed by atoms with Gasteiger partial charge in [-0.25, -0.2) is 0 Å². The van der Waals surface area contributed by atoms with Crippen molar-refractivity contribution in [1.82, 2.24) is 5.32 Å². The first-order valence-electron chi connectivity index (χ1n) is 4.13. The highest BCUT2D eigenvalue weighted by Crippen LogP contribution is 2.27. The third-order valence-electron chi connectivity index (χ3n) is 2.36. The van der Waals surface area contributed by atoms with Gasteiger partial charge in [-0.05, 0) is 24.8 Å². The number of rotatable bonds is 1. The lowest BCUT2D eigenvalue weighted by molar-refractivity contribution is -0.122. The number of hydrogen-bond donors (Lipinski definition) is 2. The number of nitrogens with one attached hydrogen (secondary N) is 1. The minimum absolute atomic E-state index is 0.0422. The molecule has 1 fully saturated rings. The molecule has 1 unspecified atom stereocenters. The van der Waals surface area contributed by atoms with E-state index in [1.807, 2.05) is 0 Å². The van der Waals surface area contributed by atoms with Crippen molar-refractivity contribution in [2.45, 2.75) is 26.2 Å². The molecule has 0 bridgehead atoms. The van der Waals surface area contributed by atoms with Crippen molar-refractivity contribution in [3.8, 4) is 0 Å². The molecule has 1 atom stereocenters. The van der Waals surface area contributed by atoms with Crippen molar-refractivity contribution in [3.05, 3.63) is 0 Å². The number of amides is 1. The number of carbonyl (C=O) groups is 1. The van der Waals surface area contributed by atoms with Gasteiger partial charge in [0.15, 0.2) is 0 Å². The van der Waals surface area contributed by atoms with Crippen LogP contribution in [0.5, 0.6) is 0 Å². The van der Waals surface area contributed by atoms with Gasteiger partial charge in [-0.15, -0.1) is 0 Å². The Labute approximate surface area is 67.3 Å². The number of carbonyl (C=O) groups excluding carboxylic acids is 1. The summed E-state index contributed by atoms with van der Waals surface area (Å²) < 4.78 is 0. The first-order chi connectivity index (χ1) is 5.16. The van der Waals surface area contributed by atoms with Crippen LogP contribution in [0.15, 0.2) is 0 Å². The maximum atomic E-state index is 11.1. The van der Waals surface area contributed by atoms with E-state index in [1.165, 1.54) is 0 Å². The van der Waals surface area contributed by atoms with Crippen LogP contribution in [0.2, 0.25) is 0 Å². The van der Waals surface area contributed by atoms with Gasteiger partial charge in [-0.3, -0.25) is 4.79 Å². The van der Waals surface area contributed by atoms with Gasteiger partial charge in [-0.2, -0.15) is 0 Å². The van der Waals surface area contributed by atoms with Gasteiger partial charge in [0.25, 0.3) is 0 Å². The van der Waals surface area contributed by atoms with Gasteiger partial charge >= 0.3 is 0 Å². The van der Waals surface area contributed by atoms with Crippen molar-refractivity contribution >= 4 is 5.91 Å². The Morgan fingerprint density at radius 2 is 2.45 bits per heavy atom. The Bertz CT molecular complexity index is 158. The van der Waals surface area contributed by atoms with E-state index in [2.05, 4.69) is 12.2 Å². The lowest BCUT2D eigenvalue weighted by Crippen LogP contribution is -2.31. The van der Waals surface area contributed by atoms with E-state index in [0.29, 0.717) is 13.0 Å². The van der Waals surface area contributed by atoms with Crippen LogP contribution in [-0.2, 0) is 4.79 Å². The quantitative estimate of drug-likeness (QED) is 0.572. The van der Waals surface area contributed by atoms with Crippen molar-refractivity contribution in [2.75, 3.05) is 13.1 Å². The van der Waals surface area contributed by atoms with Gasteiger partial charge in [0.2, 0.25) is 5.91 Å². The summed E-state index contributed by atoms with van der Waals surface area (Å²) in [6.45, 7) is 3.51. The van der Waals surface area contributed by atoms with E-state index >= 15 is 0 Å². The molecule has 1 amide bonds. The molecule has 3 heteroatoms. The van der Waals surface area contributed by atoms with Crippen molar-refractivity contribution in [2.24, 2.45) is 11.1 Å². The zero-order valence-corrected chi connectivity index (χ0v) is 7.02. The molecule has 1 aliphatic heterocycles. The Morgan fingerprint density at radius 3 is 3.09 bits per heavy atom. The van der Waals surface area contributed by atoms with Crippen LogP contribution in [0.1, 0.15) is 26.2 Å². The van der Waals surface area contributed by atoms with Crippen LogP contribution in [0.3, 0.4) is 0 Å². The molecule has 0 aromatic heterocycles. The third kappa shape index (κ3) is 2.19. The van der Waals surface area contributed by atoms with E-state index in [1.54, 1.807) is 0 Å². The summed E-state index contributed by atoms with van der Waals surface area (Å²) >= 11 is 0. The van der Waals surface area contributed by atoms with Crippen LogP contribution < -0.4 is 11.1 Å². The summed E-state index contributed by atoms with van der Waals surface area (Å²) in [6, 6.07) is 0. The van der Waals surface area contributed by atoms with Crippen LogP contribution in [0, 0.1) is 5.41 Å². The molecule has 1 heterocycles. The summed E-state index contributed by atoms with van der Waals surface area (Å²) in [7, 11) is 0. The third-order valence-corrected chi connectivity index (χ3v) is 2.36. The Balaban J connectivity index is 2.58. The van der Waals surface area contributed by atoms with Gasteiger partial charge in [0.05, 0.1) is 0 Å². The molecule has 3 nitrogen and oxygen atoms in total. The van der Waals surface area contributed by atoms with E-state index in [9.17, 15) is 4.79 Å². The van der Waals surface area contributed by atoms with Gasteiger partial charge in [0, 0.05) is 13.0 Å². The molecule has 0 radical (unpaired) electrons. The smallest absolute Gasteiger partial charge is 0.220 e. The summed E-state index contributed by atoms with van der Waals surface area (Å²) in [4.78, 5) is 11.1. The lowest BCUT2D eigenvalue weighted by atomic mass is 9.83. The maximum Gasteiger partial charge on any atom is 0.220 e. The maximum absolute atomic E-state index is 11.1. The summed E-state index contributed by atoms with van der Waals surface area (Å²) in [6.07, 6.45) is 2.70. The summed E-state index contributed by atoms with van der Waals surface area (Å²) in [5, 5.41) is 2.84. The molecule has 0 aromatic carbocycles. The molecular weight excluding hydrogens is 140 g/mol. The van der Waals surface area contributed by atoms with Gasteiger partial charge in [-0.1, -0.05) is 6.92 Å². The van der Waals surface area contributed by atoms with Crippen LogP contribution >= 0.6 is 0 Å². The van der Waals surface area contributed by atoms with Crippen LogP contribution in [0.25, 0.3) is 0 Å². The average molecular weight is 156 g/mol. The van der Waals surface area contributed by atoms with E-state index < -0.39 is 0 Å². The van der Waals surface area contributed by atoms with E-state index in [4.69, 9.17) is 5.73 Å². The minimum atomic E-state index is 0.0422. The zero-order chi connectivity index (χ0) is 8.32. The Hall–Kier alpha value is -0.570. The molecule has 11 heavy (non-hydrogen) atoms. The molecule has 64 valence electrons. The van der Waals surface area contributed by atoms with Crippen molar-refractivity contribution < 1.29 is 4.79 Å². The Morgan fingerprint density at radius 1 is 1.73 bits per heavy atom. The summed E-state index contributed by atoms with van der Waals surface area (Å²) in [5.74, 6) is 0.149. The topological polar surface area (TPSA) is 55.1 Å². The standard InChI is InChI=1S/C8H16N2O/c1-8(6-9)3-2-4-10-7(11)5-8/h2-6,9H2,1H3,(H,10,11). The molecule has 1 saturated heterocycles. The highest BCUT2D eigenvalue weighted by atomic mass is 16.1. The predicted octanol–water partition coefficient (Wildman–Crippen LogP) is 0.251. The van der Waals surface area contributed by atoms with Crippen molar-refractivity contribution in [1.29, 1.82) is 0 Å². The average Bonchev–Trinajstić information content (AvgIpc) is 2.13. The SMILES string of the molecule is CC1(CN)CCCNC(=O)C1. The molecule has 0 aromatic rings. The molecule has 0 spiro atoms. The first-order valence-corrected chi connectivity index (χ1v) is 4.13. The second-order valence-corrected chi connectivity index (χ2v) is 3.65. The highest BCUT2D eigenvalue weighted by Gasteiger charge is 2.27. The predicted molar refractivity (Wildman–Crippen MR) is 44.0 cm³/mol. The minimum Gasteiger partial charge on any atom is -0.356 e. The van der Waals surface area contributed by atoms with Gasteiger partial charge < -0.3 is 11.1 Å². The largest absolute Gasteiger partial charge is 0.356 e. The number of nitrogens with two attached hydrogens (primary N) is 1. The highest BCUT2D eigenvalue weighted by molar-refractivity contribution is 5.76. The molecule has 0 saturated carbocycles. The molecule has 1 rings (SSSR count). The normalized spacial score (nSPS) is 32.7. The zero-order valence-electron chi connectivity index (χ0n) is 7.02. The fourth-order valence-corrected chi connectivity index (χ4v) is 1.46. The van der Waals surface area contributed by atoms with Crippen LogP contribution in [-0.4, -0.2) is 19.0 Å². The molecule has 0 aliphatic carbocycles. The van der Waals surface area contributed by atoms with Crippen LogP contribution in [0.4, 0.5) is 0 Å².